The summed E-state index contributed by atoms with van der Waals surface area (Å²) >= 11 is 0. The fourth-order valence-electron chi connectivity index (χ4n) is 5.18. The molecule has 0 unspecified atom stereocenters. The summed E-state index contributed by atoms with van der Waals surface area (Å²) < 4.78 is 11.7. The second-order valence-electron chi connectivity index (χ2n) is 8.14. The molecule has 4 aliphatic rings. The third-order valence-corrected chi connectivity index (χ3v) is 6.55. The Labute approximate surface area is 163 Å². The number of hydrogen-bond donors (Lipinski definition) is 2. The first kappa shape index (κ1) is 17.3. The van der Waals surface area contributed by atoms with Crippen LogP contribution in [0, 0.1) is 17.8 Å². The van der Waals surface area contributed by atoms with Crippen LogP contribution in [0.2, 0.25) is 0 Å². The predicted molar refractivity (Wildman–Crippen MR) is 102 cm³/mol. The van der Waals surface area contributed by atoms with E-state index < -0.39 is 5.72 Å². The summed E-state index contributed by atoms with van der Waals surface area (Å²) in [5.74, 6) is 1.92. The maximum Gasteiger partial charge on any atom is 0.258 e. The van der Waals surface area contributed by atoms with Crippen molar-refractivity contribution in [2.75, 3.05) is 6.54 Å². The van der Waals surface area contributed by atoms with E-state index in [1.807, 2.05) is 30.3 Å². The SMILES string of the molecule is O=C1N[C@]2(C[C@H]3CC[C@H]2C[C@@H]3C(=O)NCCc2ccco2)Oc2ccccc21. The maximum atomic E-state index is 12.8. The van der Waals surface area contributed by atoms with Gasteiger partial charge in [0.25, 0.3) is 5.91 Å². The number of hydrogen-bond acceptors (Lipinski definition) is 4. The number of ether oxygens (including phenoxy) is 1. The van der Waals surface area contributed by atoms with Crippen molar-refractivity contribution in [2.24, 2.45) is 17.8 Å². The van der Waals surface area contributed by atoms with Gasteiger partial charge in [-0.2, -0.15) is 0 Å². The molecule has 3 aliphatic carbocycles. The van der Waals surface area contributed by atoms with Crippen LogP contribution in [-0.2, 0) is 11.2 Å². The minimum absolute atomic E-state index is 0.0151. The van der Waals surface area contributed by atoms with Gasteiger partial charge in [-0.05, 0) is 49.4 Å². The van der Waals surface area contributed by atoms with Gasteiger partial charge in [-0.1, -0.05) is 12.1 Å². The average Bonchev–Trinajstić information content (AvgIpc) is 3.22. The highest BCUT2D eigenvalue weighted by atomic mass is 16.5. The molecule has 6 rings (SSSR count). The van der Waals surface area contributed by atoms with Crippen LogP contribution in [0.4, 0.5) is 0 Å². The van der Waals surface area contributed by atoms with E-state index in [0.717, 1.165) is 25.0 Å². The number of benzene rings is 1. The molecule has 0 radical (unpaired) electrons. The van der Waals surface area contributed by atoms with Gasteiger partial charge in [0.15, 0.2) is 5.72 Å². The van der Waals surface area contributed by atoms with E-state index in [1.165, 1.54) is 0 Å². The second-order valence-corrected chi connectivity index (χ2v) is 8.14. The van der Waals surface area contributed by atoms with Gasteiger partial charge >= 0.3 is 0 Å². The number of rotatable bonds is 4. The van der Waals surface area contributed by atoms with E-state index in [0.29, 0.717) is 30.7 Å². The zero-order valence-corrected chi connectivity index (χ0v) is 15.6. The smallest absolute Gasteiger partial charge is 0.258 e. The van der Waals surface area contributed by atoms with Crippen molar-refractivity contribution in [1.29, 1.82) is 0 Å². The Hall–Kier alpha value is -2.76. The molecule has 0 saturated heterocycles. The van der Waals surface area contributed by atoms with Crippen molar-refractivity contribution in [1.82, 2.24) is 10.6 Å². The van der Waals surface area contributed by atoms with Crippen molar-refractivity contribution in [2.45, 2.75) is 37.8 Å². The van der Waals surface area contributed by atoms with Crippen molar-refractivity contribution in [3.63, 3.8) is 0 Å². The van der Waals surface area contributed by atoms with Gasteiger partial charge < -0.3 is 19.8 Å². The molecular formula is C22H24N2O4. The number of nitrogens with one attached hydrogen (secondary N) is 2. The molecule has 28 heavy (non-hydrogen) atoms. The van der Waals surface area contributed by atoms with Gasteiger partial charge in [-0.3, -0.25) is 9.59 Å². The summed E-state index contributed by atoms with van der Waals surface area (Å²) in [7, 11) is 0. The molecule has 3 saturated carbocycles. The number of amides is 2. The van der Waals surface area contributed by atoms with Crippen LogP contribution in [0.3, 0.4) is 0 Å². The molecular weight excluding hydrogens is 356 g/mol. The first-order valence-corrected chi connectivity index (χ1v) is 10.1. The van der Waals surface area contributed by atoms with E-state index >= 15 is 0 Å². The third-order valence-electron chi connectivity index (χ3n) is 6.55. The van der Waals surface area contributed by atoms with E-state index in [1.54, 1.807) is 12.3 Å². The van der Waals surface area contributed by atoms with E-state index in [9.17, 15) is 9.59 Å². The number of para-hydroxylation sites is 1. The van der Waals surface area contributed by atoms with Crippen molar-refractivity contribution in [3.05, 3.63) is 54.0 Å². The van der Waals surface area contributed by atoms with E-state index in [-0.39, 0.29) is 29.6 Å². The standard InChI is InChI=1S/C22H24N2O4/c25-20(23-10-9-16-4-3-11-27-16)18-12-15-8-7-14(18)13-22(15)24-21(26)17-5-1-2-6-19(17)28-22/h1-6,11,14-15,18H,7-10,12-13H2,(H,23,25)(H,24,26)/t14-,15+,18+,22-/m1/s1. The number of carbonyl (C=O) groups is 2. The van der Waals surface area contributed by atoms with Crippen molar-refractivity contribution >= 4 is 11.8 Å². The molecule has 2 aromatic rings. The monoisotopic (exact) mass is 380 g/mol. The number of fused-ring (bicyclic) bond motifs is 3. The molecule has 146 valence electrons. The molecule has 4 atom stereocenters. The Morgan fingerprint density at radius 1 is 1.21 bits per heavy atom. The van der Waals surface area contributed by atoms with Gasteiger partial charge in [-0.25, -0.2) is 0 Å². The molecule has 6 heteroatoms. The zero-order chi connectivity index (χ0) is 19.1. The molecule has 2 amide bonds. The first-order valence-electron chi connectivity index (χ1n) is 10.1. The van der Waals surface area contributed by atoms with Crippen LogP contribution in [0.15, 0.2) is 47.1 Å². The lowest BCUT2D eigenvalue weighted by Gasteiger charge is -2.55. The van der Waals surface area contributed by atoms with Crippen LogP contribution in [0.5, 0.6) is 5.75 Å². The Morgan fingerprint density at radius 2 is 2.11 bits per heavy atom. The van der Waals surface area contributed by atoms with Crippen LogP contribution in [0.1, 0.15) is 41.8 Å². The first-order chi connectivity index (χ1) is 13.6. The van der Waals surface area contributed by atoms with Crippen molar-refractivity contribution in [3.8, 4) is 5.75 Å². The minimum atomic E-state index is -0.667. The van der Waals surface area contributed by atoms with E-state index in [4.69, 9.17) is 9.15 Å². The average molecular weight is 380 g/mol. The van der Waals surface area contributed by atoms with Gasteiger partial charge in [0.2, 0.25) is 5.91 Å². The molecule has 2 heterocycles. The highest BCUT2D eigenvalue weighted by molar-refractivity contribution is 5.98. The Morgan fingerprint density at radius 3 is 2.89 bits per heavy atom. The number of furan rings is 1. The highest BCUT2D eigenvalue weighted by Crippen LogP contribution is 2.52. The van der Waals surface area contributed by atoms with E-state index in [2.05, 4.69) is 10.6 Å². The lowest BCUT2D eigenvalue weighted by molar-refractivity contribution is -0.146. The maximum absolute atomic E-state index is 12.8. The topological polar surface area (TPSA) is 80.6 Å². The fraction of sp³-hybridized carbons (Fsp3) is 0.455. The molecule has 1 aromatic carbocycles. The summed E-state index contributed by atoms with van der Waals surface area (Å²) in [6.45, 7) is 0.575. The quantitative estimate of drug-likeness (QED) is 0.855. The molecule has 6 nitrogen and oxygen atoms in total. The number of carbonyl (C=O) groups excluding carboxylic acids is 2. The summed E-state index contributed by atoms with van der Waals surface area (Å²) in [6, 6.07) is 11.1. The summed E-state index contributed by atoms with van der Waals surface area (Å²) in [5, 5.41) is 6.20. The lowest BCUT2D eigenvalue weighted by Crippen LogP contribution is -2.66. The second kappa shape index (κ2) is 6.69. The highest BCUT2D eigenvalue weighted by Gasteiger charge is 2.57. The Kier molecular flexibility index (Phi) is 4.14. The van der Waals surface area contributed by atoms with Gasteiger partial charge in [0.1, 0.15) is 11.5 Å². The normalized spacial score (nSPS) is 30.4. The minimum Gasteiger partial charge on any atom is -0.469 e. The van der Waals surface area contributed by atoms with Crippen LogP contribution >= 0.6 is 0 Å². The van der Waals surface area contributed by atoms with Crippen molar-refractivity contribution < 1.29 is 18.7 Å². The molecule has 1 aliphatic heterocycles. The molecule has 3 fully saturated rings. The largest absolute Gasteiger partial charge is 0.469 e. The predicted octanol–water partition coefficient (Wildman–Crippen LogP) is 2.89. The molecule has 2 bridgehead atoms. The fourth-order valence-corrected chi connectivity index (χ4v) is 5.18. The molecule has 2 N–H and O–H groups in total. The van der Waals surface area contributed by atoms with Crippen LogP contribution in [0.25, 0.3) is 0 Å². The molecule has 1 spiro atoms. The van der Waals surface area contributed by atoms with Crippen LogP contribution < -0.4 is 15.4 Å². The summed E-state index contributed by atoms with van der Waals surface area (Å²) in [5.41, 5.74) is -0.0824. The lowest BCUT2D eigenvalue weighted by atomic mass is 9.60. The van der Waals surface area contributed by atoms with Gasteiger partial charge in [0.05, 0.1) is 11.8 Å². The third kappa shape index (κ3) is 2.87. The summed E-state index contributed by atoms with van der Waals surface area (Å²) in [6.07, 6.45) is 5.76. The van der Waals surface area contributed by atoms with Gasteiger partial charge in [-0.15, -0.1) is 0 Å². The zero-order valence-electron chi connectivity index (χ0n) is 15.6. The summed E-state index contributed by atoms with van der Waals surface area (Å²) in [4.78, 5) is 25.4. The van der Waals surface area contributed by atoms with Crippen LogP contribution in [-0.4, -0.2) is 24.1 Å². The Bertz CT molecular complexity index is 894. The Balaban J connectivity index is 1.26. The molecule has 1 aromatic heterocycles. The van der Waals surface area contributed by atoms with Gasteiger partial charge in [0, 0.05) is 31.2 Å².